The highest BCUT2D eigenvalue weighted by Gasteiger charge is 2.35. The third kappa shape index (κ3) is 3.87. The zero-order valence-electron chi connectivity index (χ0n) is 10.9. The maximum absolute atomic E-state index is 12.0. The van der Waals surface area contributed by atoms with Crippen LogP contribution in [-0.2, 0) is 14.8 Å². The van der Waals surface area contributed by atoms with Crippen molar-refractivity contribution in [2.75, 3.05) is 6.54 Å². The molecule has 0 aromatic heterocycles. The monoisotopic (exact) mass is 340 g/mol. The Morgan fingerprint density at radius 1 is 1.27 bits per heavy atom. The van der Waals surface area contributed by atoms with Gasteiger partial charge in [-0.2, -0.15) is 4.72 Å². The summed E-state index contributed by atoms with van der Waals surface area (Å²) < 4.78 is 65.7. The van der Waals surface area contributed by atoms with Gasteiger partial charge in [0.15, 0.2) is 0 Å². The third-order valence-electron chi connectivity index (χ3n) is 2.85. The molecule has 1 aliphatic heterocycles. The van der Waals surface area contributed by atoms with Crippen LogP contribution in [0.2, 0.25) is 0 Å². The summed E-state index contributed by atoms with van der Waals surface area (Å²) in [6.07, 6.45) is -4.79. The van der Waals surface area contributed by atoms with Crippen LogP contribution in [0.3, 0.4) is 0 Å². The lowest BCUT2D eigenvalue weighted by Crippen LogP contribution is -2.40. The summed E-state index contributed by atoms with van der Waals surface area (Å²) >= 11 is 0. The standard InChI is InChI=1S/C11H11F3N2O5S/c12-11(13,14)21-7-1-3-8(4-2-7)22(19,20)15-9-5-6-16(18)10(9)17/h1-4,9,15,18H,5-6H2/t9-/m1/s1. The van der Waals surface area contributed by atoms with E-state index in [0.29, 0.717) is 5.06 Å². The van der Waals surface area contributed by atoms with E-state index in [1.54, 1.807) is 0 Å². The number of hydrogen-bond acceptors (Lipinski definition) is 5. The molecule has 11 heteroatoms. The molecule has 0 bridgehead atoms. The molecule has 2 rings (SSSR count). The third-order valence-corrected chi connectivity index (χ3v) is 4.33. The van der Waals surface area contributed by atoms with Crippen molar-refractivity contribution >= 4 is 15.9 Å². The molecule has 1 aromatic carbocycles. The second-order valence-corrected chi connectivity index (χ2v) is 6.16. The minimum Gasteiger partial charge on any atom is -0.406 e. The van der Waals surface area contributed by atoms with Gasteiger partial charge in [-0.05, 0) is 30.7 Å². The van der Waals surface area contributed by atoms with E-state index in [1.807, 2.05) is 0 Å². The number of alkyl halides is 3. The van der Waals surface area contributed by atoms with Crippen molar-refractivity contribution in [1.29, 1.82) is 0 Å². The molecule has 122 valence electrons. The number of halogens is 3. The Hall–Kier alpha value is -1.85. The zero-order valence-corrected chi connectivity index (χ0v) is 11.7. The summed E-state index contributed by atoms with van der Waals surface area (Å²) in [7, 11) is -4.11. The second-order valence-electron chi connectivity index (χ2n) is 4.44. The number of ether oxygens (including phenoxy) is 1. The molecule has 22 heavy (non-hydrogen) atoms. The van der Waals surface area contributed by atoms with Crippen molar-refractivity contribution in [3.05, 3.63) is 24.3 Å². The van der Waals surface area contributed by atoms with Gasteiger partial charge in [-0.25, -0.2) is 13.5 Å². The molecule has 1 heterocycles. The zero-order chi connectivity index (χ0) is 16.5. The maximum Gasteiger partial charge on any atom is 0.573 e. The number of carbonyl (C=O) groups excluding carboxylic acids is 1. The summed E-state index contributed by atoms with van der Waals surface area (Å²) in [6, 6.07) is 2.41. The number of rotatable bonds is 4. The molecule has 0 unspecified atom stereocenters. The second kappa shape index (κ2) is 5.74. The Bertz CT molecular complexity index is 659. The molecule has 2 N–H and O–H groups in total. The van der Waals surface area contributed by atoms with Gasteiger partial charge in [-0.3, -0.25) is 10.0 Å². The fourth-order valence-electron chi connectivity index (χ4n) is 1.85. The maximum atomic E-state index is 12.0. The molecule has 1 saturated heterocycles. The van der Waals surface area contributed by atoms with Crippen LogP contribution in [0.15, 0.2) is 29.2 Å². The quantitative estimate of drug-likeness (QED) is 0.793. The molecule has 1 aromatic rings. The highest BCUT2D eigenvalue weighted by Crippen LogP contribution is 2.24. The van der Waals surface area contributed by atoms with E-state index < -0.39 is 34.1 Å². The number of hydrogen-bond donors (Lipinski definition) is 2. The molecule has 0 aliphatic carbocycles. The molecule has 7 nitrogen and oxygen atoms in total. The van der Waals surface area contributed by atoms with Crippen molar-refractivity contribution in [1.82, 2.24) is 9.79 Å². The van der Waals surface area contributed by atoms with Gasteiger partial charge in [-0.1, -0.05) is 0 Å². The van der Waals surface area contributed by atoms with Crippen LogP contribution in [-0.4, -0.2) is 43.5 Å². The van der Waals surface area contributed by atoms with Gasteiger partial charge in [0.1, 0.15) is 11.8 Å². The molecule has 0 radical (unpaired) electrons. The van der Waals surface area contributed by atoms with Gasteiger partial charge < -0.3 is 4.74 Å². The summed E-state index contributed by atoms with van der Waals surface area (Å²) in [6.45, 7) is -0.00954. The molecule has 0 spiro atoms. The normalized spacial score (nSPS) is 19.5. The number of carbonyl (C=O) groups is 1. The Labute approximate surface area is 123 Å². The van der Waals surface area contributed by atoms with Crippen molar-refractivity contribution in [2.24, 2.45) is 0 Å². The minimum atomic E-state index is -4.88. The van der Waals surface area contributed by atoms with E-state index in [4.69, 9.17) is 5.21 Å². The molecule has 1 atom stereocenters. The average Bonchev–Trinajstić information content (AvgIpc) is 2.69. The largest absolute Gasteiger partial charge is 0.573 e. The highest BCUT2D eigenvalue weighted by atomic mass is 32.2. The van der Waals surface area contributed by atoms with Crippen molar-refractivity contribution in [3.63, 3.8) is 0 Å². The van der Waals surface area contributed by atoms with Gasteiger partial charge in [0.25, 0.3) is 5.91 Å². The van der Waals surface area contributed by atoms with E-state index in [-0.39, 0.29) is 17.9 Å². The van der Waals surface area contributed by atoms with Gasteiger partial charge in [0.05, 0.1) is 11.4 Å². The predicted octanol–water partition coefficient (Wildman–Crippen LogP) is 0.854. The highest BCUT2D eigenvalue weighted by molar-refractivity contribution is 7.89. The van der Waals surface area contributed by atoms with E-state index in [2.05, 4.69) is 9.46 Å². The first-order valence-electron chi connectivity index (χ1n) is 5.97. The Morgan fingerprint density at radius 3 is 2.32 bits per heavy atom. The van der Waals surface area contributed by atoms with Crippen molar-refractivity contribution in [2.45, 2.75) is 23.7 Å². The van der Waals surface area contributed by atoms with E-state index in [9.17, 15) is 26.4 Å². The van der Waals surface area contributed by atoms with Crippen LogP contribution in [0.4, 0.5) is 13.2 Å². The summed E-state index contributed by atoms with van der Waals surface area (Å²) in [4.78, 5) is 11.1. The van der Waals surface area contributed by atoms with Crippen molar-refractivity contribution in [3.8, 4) is 5.75 Å². The van der Waals surface area contributed by atoms with Gasteiger partial charge in [0.2, 0.25) is 10.0 Å². The molecule has 1 amide bonds. The topological polar surface area (TPSA) is 95.9 Å². The predicted molar refractivity (Wildman–Crippen MR) is 65.4 cm³/mol. The number of benzene rings is 1. The van der Waals surface area contributed by atoms with Crippen LogP contribution in [0, 0.1) is 0 Å². The van der Waals surface area contributed by atoms with Gasteiger partial charge in [-0.15, -0.1) is 13.2 Å². The number of amides is 1. The van der Waals surface area contributed by atoms with Crippen LogP contribution in [0.25, 0.3) is 0 Å². The SMILES string of the molecule is O=C1[C@H](NS(=O)(=O)c2ccc(OC(F)(F)F)cc2)CCN1O. The van der Waals surface area contributed by atoms with E-state index in [1.165, 1.54) is 0 Å². The lowest BCUT2D eigenvalue weighted by Gasteiger charge is -2.13. The number of nitrogens with zero attached hydrogens (tertiary/aromatic N) is 1. The number of sulfonamides is 1. The van der Waals surface area contributed by atoms with E-state index in [0.717, 1.165) is 24.3 Å². The molecule has 1 aliphatic rings. The lowest BCUT2D eigenvalue weighted by molar-refractivity contribution is -0.274. The smallest absolute Gasteiger partial charge is 0.406 e. The lowest BCUT2D eigenvalue weighted by atomic mass is 10.3. The number of hydroxylamine groups is 2. The van der Waals surface area contributed by atoms with E-state index >= 15 is 0 Å². The first-order valence-corrected chi connectivity index (χ1v) is 7.45. The molecular formula is C11H11F3N2O5S. The number of nitrogens with one attached hydrogen (secondary N) is 1. The first-order chi connectivity index (χ1) is 10.1. The van der Waals surface area contributed by atoms with Crippen LogP contribution >= 0.6 is 0 Å². The minimum absolute atomic E-state index is 0.00954. The first kappa shape index (κ1) is 16.5. The van der Waals surface area contributed by atoms with Crippen LogP contribution in [0.1, 0.15) is 6.42 Å². The molecule has 0 saturated carbocycles. The Kier molecular flexibility index (Phi) is 4.31. The fourth-order valence-corrected chi connectivity index (χ4v) is 3.07. The van der Waals surface area contributed by atoms with Crippen molar-refractivity contribution < 1.29 is 36.3 Å². The Morgan fingerprint density at radius 2 is 1.86 bits per heavy atom. The summed E-state index contributed by atoms with van der Waals surface area (Å²) in [5, 5.41) is 9.50. The van der Waals surface area contributed by atoms with Crippen LogP contribution < -0.4 is 9.46 Å². The summed E-state index contributed by atoms with van der Waals surface area (Å²) in [5.41, 5.74) is 0. The van der Waals surface area contributed by atoms with Gasteiger partial charge in [0, 0.05) is 0 Å². The van der Waals surface area contributed by atoms with Gasteiger partial charge >= 0.3 is 6.36 Å². The molecular weight excluding hydrogens is 329 g/mol. The fraction of sp³-hybridized carbons (Fsp3) is 0.364. The summed E-state index contributed by atoms with van der Waals surface area (Å²) in [5.74, 6) is -1.36. The average molecular weight is 340 g/mol. The van der Waals surface area contributed by atoms with Crippen LogP contribution in [0.5, 0.6) is 5.75 Å². The Balaban J connectivity index is 2.11. The molecule has 1 fully saturated rings.